The number of anilines is 2. The van der Waals surface area contributed by atoms with E-state index in [1.165, 1.54) is 0 Å². The number of aromatic nitrogens is 1. The van der Waals surface area contributed by atoms with Gasteiger partial charge in [0.05, 0.1) is 5.69 Å². The average Bonchev–Trinajstić information content (AvgIpc) is 2.63. The molecule has 1 aliphatic heterocycles. The first-order valence-electron chi connectivity index (χ1n) is 6.45. The van der Waals surface area contributed by atoms with E-state index < -0.39 is 0 Å². The number of rotatable bonds is 0. The fourth-order valence-corrected chi connectivity index (χ4v) is 2.69. The van der Waals surface area contributed by atoms with Gasteiger partial charge in [0, 0.05) is 18.3 Å². The summed E-state index contributed by atoms with van der Waals surface area (Å²) in [5.74, 6) is 0.688. The summed E-state index contributed by atoms with van der Waals surface area (Å²) in [5.41, 5.74) is 2.95. The second-order valence-corrected chi connectivity index (χ2v) is 5.09. The molecular weight excluding hydrogens is 274 g/mol. The molecule has 0 aliphatic carbocycles. The van der Waals surface area contributed by atoms with Crippen LogP contribution in [-0.2, 0) is 12.8 Å². The van der Waals surface area contributed by atoms with Crippen molar-refractivity contribution in [3.63, 3.8) is 0 Å². The van der Waals surface area contributed by atoms with Crippen molar-refractivity contribution < 1.29 is 4.79 Å². The van der Waals surface area contributed by atoms with Gasteiger partial charge in [-0.15, -0.1) is 0 Å². The van der Waals surface area contributed by atoms with Crippen molar-refractivity contribution in [2.75, 3.05) is 11.9 Å². The van der Waals surface area contributed by atoms with Gasteiger partial charge in [0.1, 0.15) is 5.82 Å². The van der Waals surface area contributed by atoms with E-state index in [-0.39, 0.29) is 6.03 Å². The number of nitrogens with zero attached hydrogens (tertiary/aromatic N) is 2. The molecule has 3 rings (SSSR count). The average molecular weight is 288 g/mol. The maximum Gasteiger partial charge on any atom is 0.327 e. The van der Waals surface area contributed by atoms with Gasteiger partial charge in [-0.1, -0.05) is 17.7 Å². The third-order valence-corrected chi connectivity index (χ3v) is 3.68. The van der Waals surface area contributed by atoms with Crippen LogP contribution in [0.2, 0.25) is 5.02 Å². The maximum absolute atomic E-state index is 12.3. The van der Waals surface area contributed by atoms with E-state index in [1.54, 1.807) is 24.2 Å². The zero-order chi connectivity index (χ0) is 14.1. The third-order valence-electron chi connectivity index (χ3n) is 3.44. The number of fused-ring (bicyclic) bond motifs is 2. The first kappa shape index (κ1) is 12.9. The van der Waals surface area contributed by atoms with Crippen LogP contribution >= 0.6 is 11.6 Å². The fraction of sp³-hybridized carbons (Fsp3) is 0.200. The minimum absolute atomic E-state index is 0.199. The zero-order valence-corrected chi connectivity index (χ0v) is 11.8. The van der Waals surface area contributed by atoms with Gasteiger partial charge in [-0.25, -0.2) is 14.7 Å². The Bertz CT molecular complexity index is 672. The summed E-state index contributed by atoms with van der Waals surface area (Å²) in [6.45, 7) is 0. The molecule has 0 bridgehead atoms. The maximum atomic E-state index is 12.3. The lowest BCUT2D eigenvalue weighted by Crippen LogP contribution is -2.35. The molecule has 1 aromatic heterocycles. The first-order valence-corrected chi connectivity index (χ1v) is 6.82. The number of hydrogen-bond donors (Lipinski definition) is 1. The van der Waals surface area contributed by atoms with E-state index in [0.717, 1.165) is 29.7 Å². The molecule has 0 atom stereocenters. The Kier molecular flexibility index (Phi) is 3.32. The lowest BCUT2D eigenvalue weighted by molar-refractivity contribution is 0.250. The van der Waals surface area contributed by atoms with Gasteiger partial charge < -0.3 is 5.32 Å². The molecule has 0 spiro atoms. The monoisotopic (exact) mass is 287 g/mol. The van der Waals surface area contributed by atoms with Gasteiger partial charge in [-0.2, -0.15) is 0 Å². The minimum Gasteiger partial charge on any atom is -0.340 e. The van der Waals surface area contributed by atoms with Gasteiger partial charge >= 0.3 is 6.03 Å². The molecular formula is C15H14ClN3O. The smallest absolute Gasteiger partial charge is 0.327 e. The number of carbonyl (C=O) groups is 1. The predicted molar refractivity (Wildman–Crippen MR) is 79.7 cm³/mol. The Balaban J connectivity index is 2.22. The van der Waals surface area contributed by atoms with Crippen LogP contribution in [0.15, 0.2) is 36.5 Å². The molecule has 1 N–H and O–H groups in total. The highest BCUT2D eigenvalue weighted by Crippen LogP contribution is 2.35. The van der Waals surface area contributed by atoms with Crippen LogP contribution in [-0.4, -0.2) is 18.1 Å². The SMILES string of the molecule is CNC(=O)N1c2ccc(Cl)cc2CCc2cccnc21. The van der Waals surface area contributed by atoms with E-state index in [1.807, 2.05) is 24.3 Å². The van der Waals surface area contributed by atoms with Crippen molar-refractivity contribution in [1.82, 2.24) is 10.3 Å². The van der Waals surface area contributed by atoms with Gasteiger partial charge in [-0.3, -0.25) is 0 Å². The summed E-state index contributed by atoms with van der Waals surface area (Å²) >= 11 is 6.07. The molecule has 2 aromatic rings. The number of halogens is 1. The van der Waals surface area contributed by atoms with Crippen LogP contribution in [0.25, 0.3) is 0 Å². The van der Waals surface area contributed by atoms with E-state index in [4.69, 9.17) is 11.6 Å². The largest absolute Gasteiger partial charge is 0.340 e. The summed E-state index contributed by atoms with van der Waals surface area (Å²) in [6, 6.07) is 9.28. The molecule has 5 heteroatoms. The molecule has 0 saturated heterocycles. The number of aryl methyl sites for hydroxylation is 2. The van der Waals surface area contributed by atoms with Crippen molar-refractivity contribution >= 4 is 29.1 Å². The van der Waals surface area contributed by atoms with Crippen molar-refractivity contribution in [2.24, 2.45) is 0 Å². The Morgan fingerprint density at radius 1 is 1.30 bits per heavy atom. The molecule has 2 amide bonds. The normalized spacial score (nSPS) is 13.2. The lowest BCUT2D eigenvalue weighted by atomic mass is 10.1. The van der Waals surface area contributed by atoms with Crippen LogP contribution in [0, 0.1) is 0 Å². The molecule has 0 radical (unpaired) electrons. The molecule has 2 heterocycles. The summed E-state index contributed by atoms with van der Waals surface area (Å²) in [6.07, 6.45) is 3.38. The van der Waals surface area contributed by atoms with E-state index >= 15 is 0 Å². The number of amides is 2. The minimum atomic E-state index is -0.199. The number of pyridine rings is 1. The highest BCUT2D eigenvalue weighted by atomic mass is 35.5. The highest BCUT2D eigenvalue weighted by molar-refractivity contribution is 6.30. The van der Waals surface area contributed by atoms with Gasteiger partial charge in [0.2, 0.25) is 0 Å². The molecule has 1 aliphatic rings. The summed E-state index contributed by atoms with van der Waals surface area (Å²) < 4.78 is 0. The number of urea groups is 1. The quantitative estimate of drug-likeness (QED) is 0.808. The van der Waals surface area contributed by atoms with Crippen molar-refractivity contribution in [3.05, 3.63) is 52.7 Å². The third kappa shape index (κ3) is 2.12. The summed E-state index contributed by atoms with van der Waals surface area (Å²) in [5, 5.41) is 3.35. The number of benzene rings is 1. The first-order chi connectivity index (χ1) is 9.70. The zero-order valence-electron chi connectivity index (χ0n) is 11.1. The second kappa shape index (κ2) is 5.13. The van der Waals surface area contributed by atoms with Crippen molar-refractivity contribution in [2.45, 2.75) is 12.8 Å². The molecule has 1 aromatic carbocycles. The van der Waals surface area contributed by atoms with Crippen LogP contribution in [0.1, 0.15) is 11.1 Å². The molecule has 0 saturated carbocycles. The molecule has 20 heavy (non-hydrogen) atoms. The summed E-state index contributed by atoms with van der Waals surface area (Å²) in [7, 11) is 1.62. The summed E-state index contributed by atoms with van der Waals surface area (Å²) in [4.78, 5) is 18.3. The van der Waals surface area contributed by atoms with Crippen LogP contribution < -0.4 is 10.2 Å². The molecule has 0 unspecified atom stereocenters. The van der Waals surface area contributed by atoms with Gasteiger partial charge in [0.15, 0.2) is 0 Å². The standard InChI is InChI=1S/C15H14ClN3O/c1-17-15(20)19-13-7-6-12(16)9-11(13)5-4-10-3-2-8-18-14(10)19/h2-3,6-9H,4-5H2,1H3,(H,17,20). The Morgan fingerprint density at radius 3 is 2.90 bits per heavy atom. The van der Waals surface area contributed by atoms with Crippen LogP contribution in [0.4, 0.5) is 16.3 Å². The number of carbonyl (C=O) groups excluding carboxylic acids is 1. The Morgan fingerprint density at radius 2 is 2.10 bits per heavy atom. The fourth-order valence-electron chi connectivity index (χ4n) is 2.50. The lowest BCUT2D eigenvalue weighted by Gasteiger charge is -2.23. The number of nitrogens with one attached hydrogen (secondary N) is 1. The molecule has 4 nitrogen and oxygen atoms in total. The van der Waals surface area contributed by atoms with Gasteiger partial charge in [-0.05, 0) is 48.2 Å². The van der Waals surface area contributed by atoms with Crippen molar-refractivity contribution in [3.8, 4) is 0 Å². The Hall–Kier alpha value is -2.07. The molecule has 102 valence electrons. The second-order valence-electron chi connectivity index (χ2n) is 4.65. The van der Waals surface area contributed by atoms with E-state index in [9.17, 15) is 4.79 Å². The Labute approximate surface area is 122 Å². The molecule has 0 fully saturated rings. The van der Waals surface area contributed by atoms with Crippen molar-refractivity contribution in [1.29, 1.82) is 0 Å². The van der Waals surface area contributed by atoms with Crippen LogP contribution in [0.5, 0.6) is 0 Å². The van der Waals surface area contributed by atoms with Gasteiger partial charge in [0.25, 0.3) is 0 Å². The topological polar surface area (TPSA) is 45.2 Å². The predicted octanol–water partition coefficient (Wildman–Crippen LogP) is 3.31. The van der Waals surface area contributed by atoms with E-state index in [2.05, 4.69) is 10.3 Å². The number of hydrogen-bond acceptors (Lipinski definition) is 2. The van der Waals surface area contributed by atoms with E-state index in [0.29, 0.717) is 10.8 Å². The highest BCUT2D eigenvalue weighted by Gasteiger charge is 2.26. The van der Waals surface area contributed by atoms with Crippen LogP contribution in [0.3, 0.4) is 0 Å².